The topological polar surface area (TPSA) is 42.3 Å². The molecule has 2 heterocycles. The van der Waals surface area contributed by atoms with Crippen LogP contribution in [0.2, 0.25) is 0 Å². The van der Waals surface area contributed by atoms with Gasteiger partial charge in [-0.1, -0.05) is 0 Å². The van der Waals surface area contributed by atoms with Crippen LogP contribution in [0, 0.1) is 0 Å². The summed E-state index contributed by atoms with van der Waals surface area (Å²) < 4.78 is 30.9. The van der Waals surface area contributed by atoms with E-state index < -0.39 is 6.43 Å². The molecule has 2 rings (SSSR count). The van der Waals surface area contributed by atoms with E-state index in [2.05, 4.69) is 15.3 Å². The third kappa shape index (κ3) is 5.22. The van der Waals surface area contributed by atoms with Gasteiger partial charge in [-0.05, 0) is 0 Å². The van der Waals surface area contributed by atoms with E-state index in [0.717, 1.165) is 45.0 Å². The number of hydrogen-bond donors (Lipinski definition) is 1. The summed E-state index contributed by atoms with van der Waals surface area (Å²) >= 11 is 0. The van der Waals surface area contributed by atoms with Crippen molar-refractivity contribution in [3.63, 3.8) is 0 Å². The van der Waals surface area contributed by atoms with Gasteiger partial charge in [-0.3, -0.25) is 9.58 Å². The van der Waals surface area contributed by atoms with Crippen LogP contribution in [0.15, 0.2) is 12.4 Å². The number of hydrogen-bond acceptors (Lipinski definition) is 4. The molecule has 0 atom stereocenters. The number of ether oxygens (including phenoxy) is 1. The van der Waals surface area contributed by atoms with Gasteiger partial charge >= 0.3 is 0 Å². The maximum atomic E-state index is 12.2. The first-order chi connectivity index (χ1) is 9.24. The number of alkyl halides is 2. The van der Waals surface area contributed by atoms with Gasteiger partial charge < -0.3 is 10.1 Å². The van der Waals surface area contributed by atoms with E-state index in [-0.39, 0.29) is 6.54 Å². The zero-order valence-corrected chi connectivity index (χ0v) is 10.9. The molecule has 1 N–H and O–H groups in total. The standard InChI is InChI=1S/C12H20F2N4O/c13-12(14)10-18-9-11(8-16-18)7-15-1-2-17-3-5-19-6-4-17/h8-9,12,15H,1-7,10H2. The van der Waals surface area contributed by atoms with E-state index in [4.69, 9.17) is 4.74 Å². The Morgan fingerprint density at radius 3 is 2.89 bits per heavy atom. The van der Waals surface area contributed by atoms with Gasteiger partial charge in [-0.15, -0.1) is 0 Å². The lowest BCUT2D eigenvalue weighted by Gasteiger charge is -2.26. The van der Waals surface area contributed by atoms with Gasteiger partial charge in [0.1, 0.15) is 6.54 Å². The molecule has 1 fully saturated rings. The summed E-state index contributed by atoms with van der Waals surface area (Å²) in [5.74, 6) is 0. The molecule has 108 valence electrons. The van der Waals surface area contributed by atoms with Crippen LogP contribution in [0.5, 0.6) is 0 Å². The Morgan fingerprint density at radius 1 is 1.37 bits per heavy atom. The summed E-state index contributed by atoms with van der Waals surface area (Å²) in [6.45, 7) is 5.75. The molecule has 0 bridgehead atoms. The van der Waals surface area contributed by atoms with Crippen molar-refractivity contribution < 1.29 is 13.5 Å². The molecule has 7 heteroatoms. The van der Waals surface area contributed by atoms with E-state index in [1.807, 2.05) is 0 Å². The van der Waals surface area contributed by atoms with Gasteiger partial charge in [-0.2, -0.15) is 5.10 Å². The van der Waals surface area contributed by atoms with E-state index in [1.54, 1.807) is 12.4 Å². The molecule has 0 saturated carbocycles. The Labute approximate surface area is 111 Å². The second-order valence-corrected chi connectivity index (χ2v) is 4.59. The number of morpholine rings is 1. The van der Waals surface area contributed by atoms with Gasteiger partial charge in [0.25, 0.3) is 6.43 Å². The van der Waals surface area contributed by atoms with Crippen molar-refractivity contribution in [1.29, 1.82) is 0 Å². The summed E-state index contributed by atoms with van der Waals surface area (Å²) in [7, 11) is 0. The fraction of sp³-hybridized carbons (Fsp3) is 0.750. The molecule has 0 radical (unpaired) electrons. The molecule has 0 spiro atoms. The van der Waals surface area contributed by atoms with Gasteiger partial charge in [0.2, 0.25) is 0 Å². The monoisotopic (exact) mass is 274 g/mol. The number of rotatable bonds is 7. The Hall–Kier alpha value is -1.05. The predicted molar refractivity (Wildman–Crippen MR) is 67.2 cm³/mol. The van der Waals surface area contributed by atoms with Crippen molar-refractivity contribution in [1.82, 2.24) is 20.0 Å². The molecule has 1 aliphatic rings. The highest BCUT2D eigenvalue weighted by Crippen LogP contribution is 2.01. The molecule has 1 saturated heterocycles. The quantitative estimate of drug-likeness (QED) is 0.738. The molecular weight excluding hydrogens is 254 g/mol. The minimum absolute atomic E-state index is 0.340. The molecule has 0 amide bonds. The average molecular weight is 274 g/mol. The molecule has 1 aromatic heterocycles. The van der Waals surface area contributed by atoms with Crippen LogP contribution in [0.4, 0.5) is 8.78 Å². The Balaban J connectivity index is 1.61. The van der Waals surface area contributed by atoms with Gasteiger partial charge in [0, 0.05) is 44.5 Å². The lowest BCUT2D eigenvalue weighted by molar-refractivity contribution is 0.0384. The van der Waals surface area contributed by atoms with E-state index in [0.29, 0.717) is 6.54 Å². The van der Waals surface area contributed by atoms with Crippen molar-refractivity contribution >= 4 is 0 Å². The third-order valence-corrected chi connectivity index (χ3v) is 3.05. The molecule has 1 aromatic rings. The fourth-order valence-electron chi connectivity index (χ4n) is 2.03. The van der Waals surface area contributed by atoms with Gasteiger partial charge in [-0.25, -0.2) is 8.78 Å². The van der Waals surface area contributed by atoms with Crippen molar-refractivity contribution in [2.75, 3.05) is 39.4 Å². The molecule has 0 aliphatic carbocycles. The second kappa shape index (κ2) is 7.52. The Bertz CT molecular complexity index is 366. The minimum Gasteiger partial charge on any atom is -0.379 e. The average Bonchev–Trinajstić information content (AvgIpc) is 2.83. The molecule has 1 aliphatic heterocycles. The van der Waals surface area contributed by atoms with Crippen LogP contribution in [-0.2, 0) is 17.8 Å². The zero-order valence-electron chi connectivity index (χ0n) is 10.9. The maximum Gasteiger partial charge on any atom is 0.257 e. The summed E-state index contributed by atoms with van der Waals surface area (Å²) in [6.07, 6.45) is 0.930. The SMILES string of the molecule is FC(F)Cn1cc(CNCCN2CCOCC2)cn1. The minimum atomic E-state index is -2.36. The van der Waals surface area contributed by atoms with Crippen LogP contribution < -0.4 is 5.32 Å². The smallest absolute Gasteiger partial charge is 0.257 e. The van der Waals surface area contributed by atoms with Crippen molar-refractivity contribution in [3.05, 3.63) is 18.0 Å². The van der Waals surface area contributed by atoms with Gasteiger partial charge in [0.15, 0.2) is 0 Å². The van der Waals surface area contributed by atoms with E-state index in [9.17, 15) is 8.78 Å². The first-order valence-electron chi connectivity index (χ1n) is 6.54. The lowest BCUT2D eigenvalue weighted by Crippen LogP contribution is -2.40. The summed E-state index contributed by atoms with van der Waals surface area (Å²) in [5, 5.41) is 7.19. The molecule has 19 heavy (non-hydrogen) atoms. The van der Waals surface area contributed by atoms with Crippen LogP contribution in [0.3, 0.4) is 0 Å². The highest BCUT2D eigenvalue weighted by atomic mass is 19.3. The van der Waals surface area contributed by atoms with E-state index >= 15 is 0 Å². The number of nitrogens with zero attached hydrogens (tertiary/aromatic N) is 3. The van der Waals surface area contributed by atoms with Crippen molar-refractivity contribution in [2.24, 2.45) is 0 Å². The summed E-state index contributed by atoms with van der Waals surface area (Å²) in [6, 6.07) is 0. The van der Waals surface area contributed by atoms with E-state index in [1.165, 1.54) is 4.68 Å². The Kier molecular flexibility index (Phi) is 5.68. The molecule has 0 unspecified atom stereocenters. The summed E-state index contributed by atoms with van der Waals surface area (Å²) in [5.41, 5.74) is 0.933. The maximum absolute atomic E-state index is 12.2. The fourth-order valence-corrected chi connectivity index (χ4v) is 2.03. The largest absolute Gasteiger partial charge is 0.379 e. The first kappa shape index (κ1) is 14.4. The number of aromatic nitrogens is 2. The normalized spacial score (nSPS) is 17.2. The molecular formula is C12H20F2N4O. The second-order valence-electron chi connectivity index (χ2n) is 4.59. The highest BCUT2D eigenvalue weighted by molar-refractivity contribution is 5.03. The van der Waals surface area contributed by atoms with Crippen molar-refractivity contribution in [2.45, 2.75) is 19.5 Å². The van der Waals surface area contributed by atoms with Crippen LogP contribution in [-0.4, -0.2) is 60.5 Å². The van der Waals surface area contributed by atoms with Crippen LogP contribution in [0.1, 0.15) is 5.56 Å². The number of nitrogens with one attached hydrogen (secondary N) is 1. The predicted octanol–water partition coefficient (Wildman–Crippen LogP) is 0.570. The molecule has 5 nitrogen and oxygen atoms in total. The Morgan fingerprint density at radius 2 is 2.16 bits per heavy atom. The van der Waals surface area contributed by atoms with Gasteiger partial charge in [0.05, 0.1) is 19.4 Å². The first-order valence-corrected chi connectivity index (χ1v) is 6.54. The third-order valence-electron chi connectivity index (χ3n) is 3.05. The van der Waals surface area contributed by atoms with Crippen molar-refractivity contribution in [3.8, 4) is 0 Å². The highest BCUT2D eigenvalue weighted by Gasteiger charge is 2.09. The summed E-state index contributed by atoms with van der Waals surface area (Å²) in [4.78, 5) is 2.34. The van der Waals surface area contributed by atoms with Crippen LogP contribution >= 0.6 is 0 Å². The lowest BCUT2D eigenvalue weighted by atomic mass is 10.3. The zero-order chi connectivity index (χ0) is 13.5. The number of halogens is 2. The van der Waals surface area contributed by atoms with Crippen LogP contribution in [0.25, 0.3) is 0 Å². The molecule has 0 aromatic carbocycles.